The number of nitrogen functional groups attached to an aromatic ring is 1. The number of methoxy groups -OCH3 is 1. The molecule has 1 heterocycles. The van der Waals surface area contributed by atoms with Crippen molar-refractivity contribution in [1.29, 1.82) is 0 Å². The first kappa shape index (κ1) is 18.8. The molecule has 6 nitrogen and oxygen atoms in total. The van der Waals surface area contributed by atoms with Crippen molar-refractivity contribution in [2.75, 3.05) is 31.2 Å². The molecular weight excluding hydrogens is 342 g/mol. The van der Waals surface area contributed by atoms with Gasteiger partial charge in [0.25, 0.3) is 0 Å². The van der Waals surface area contributed by atoms with E-state index in [2.05, 4.69) is 5.32 Å². The lowest BCUT2D eigenvalue weighted by molar-refractivity contribution is -0.155. The molecule has 3 rings (SSSR count). The highest BCUT2D eigenvalue weighted by molar-refractivity contribution is 5.88. The Bertz CT molecular complexity index is 814. The minimum atomic E-state index is -0.462. The third-order valence-corrected chi connectivity index (χ3v) is 4.88. The molecule has 0 saturated carbocycles. The van der Waals surface area contributed by atoms with E-state index in [1.807, 2.05) is 49.4 Å². The molecular formula is C21H25N3O3. The third-order valence-electron chi connectivity index (χ3n) is 4.88. The number of anilines is 2. The van der Waals surface area contributed by atoms with Crippen LogP contribution in [0.3, 0.4) is 0 Å². The van der Waals surface area contributed by atoms with E-state index in [1.54, 1.807) is 11.0 Å². The number of rotatable bonds is 6. The van der Waals surface area contributed by atoms with Crippen molar-refractivity contribution in [3.05, 3.63) is 59.7 Å². The maximum atomic E-state index is 13.0. The van der Waals surface area contributed by atoms with Crippen molar-refractivity contribution < 1.29 is 14.3 Å². The lowest BCUT2D eigenvalue weighted by Crippen LogP contribution is -2.57. The molecule has 27 heavy (non-hydrogen) atoms. The van der Waals surface area contributed by atoms with Crippen LogP contribution in [-0.2, 0) is 20.7 Å². The first-order valence-corrected chi connectivity index (χ1v) is 9.01. The molecule has 0 bridgehead atoms. The number of ether oxygens (including phenoxy) is 1. The summed E-state index contributed by atoms with van der Waals surface area (Å²) in [7, 11) is 1.37. The van der Waals surface area contributed by atoms with E-state index in [9.17, 15) is 9.59 Å². The summed E-state index contributed by atoms with van der Waals surface area (Å²) in [4.78, 5) is 26.3. The molecule has 1 aliphatic rings. The summed E-state index contributed by atoms with van der Waals surface area (Å²) in [6, 6.07) is 15.0. The summed E-state index contributed by atoms with van der Waals surface area (Å²) in [6.45, 7) is 2.81. The highest BCUT2D eigenvalue weighted by Crippen LogP contribution is 2.23. The topological polar surface area (TPSA) is 84.7 Å². The lowest BCUT2D eigenvalue weighted by atomic mass is 9.96. The second kappa shape index (κ2) is 8.12. The fourth-order valence-corrected chi connectivity index (χ4v) is 3.17. The number of likely N-dealkylation sites (tertiary alicyclic amines) is 1. The van der Waals surface area contributed by atoms with Gasteiger partial charge in [0.05, 0.1) is 24.4 Å². The van der Waals surface area contributed by atoms with Crippen molar-refractivity contribution >= 4 is 23.3 Å². The number of benzene rings is 2. The Morgan fingerprint density at radius 1 is 1.19 bits per heavy atom. The number of nitrogens with zero attached hydrogens (tertiary/aromatic N) is 1. The fourth-order valence-electron chi connectivity index (χ4n) is 3.17. The van der Waals surface area contributed by atoms with Crippen LogP contribution in [0.1, 0.15) is 11.1 Å². The summed E-state index contributed by atoms with van der Waals surface area (Å²) < 4.78 is 4.75. The number of hydrogen-bond donors (Lipinski definition) is 2. The SMILES string of the molecule is COC(=O)C1CN(C(=O)[C@H](Cc2ccc(C)cc2)Nc2ccccc2N)C1. The van der Waals surface area contributed by atoms with Crippen LogP contribution in [0.25, 0.3) is 0 Å². The van der Waals surface area contributed by atoms with Gasteiger partial charge in [-0.3, -0.25) is 9.59 Å². The van der Waals surface area contributed by atoms with Gasteiger partial charge in [0.15, 0.2) is 0 Å². The normalized spacial score (nSPS) is 15.0. The minimum absolute atomic E-state index is 0.0426. The van der Waals surface area contributed by atoms with E-state index in [0.29, 0.717) is 25.2 Å². The molecule has 2 aromatic rings. The fraction of sp³-hybridized carbons (Fsp3) is 0.333. The highest BCUT2D eigenvalue weighted by Gasteiger charge is 2.39. The van der Waals surface area contributed by atoms with Crippen LogP contribution in [0, 0.1) is 12.8 Å². The molecule has 142 valence electrons. The standard InChI is InChI=1S/C21H25N3O3/c1-14-7-9-15(10-8-14)11-19(23-18-6-4-3-5-17(18)22)20(25)24-12-16(13-24)21(26)27-2/h3-10,16,19,23H,11-13,22H2,1-2H3/t19-/m0/s1. The summed E-state index contributed by atoms with van der Waals surface area (Å²) in [5, 5.41) is 3.28. The van der Waals surface area contributed by atoms with E-state index in [4.69, 9.17) is 10.5 Å². The van der Waals surface area contributed by atoms with Gasteiger partial charge in [0.1, 0.15) is 6.04 Å². The van der Waals surface area contributed by atoms with Crippen molar-refractivity contribution in [2.45, 2.75) is 19.4 Å². The number of nitrogens with one attached hydrogen (secondary N) is 1. The van der Waals surface area contributed by atoms with Crippen LogP contribution in [0.4, 0.5) is 11.4 Å². The van der Waals surface area contributed by atoms with Gasteiger partial charge in [0, 0.05) is 19.5 Å². The number of para-hydroxylation sites is 2. The zero-order valence-electron chi connectivity index (χ0n) is 15.6. The van der Waals surface area contributed by atoms with Gasteiger partial charge in [-0.25, -0.2) is 0 Å². The van der Waals surface area contributed by atoms with Crippen LogP contribution in [0.15, 0.2) is 48.5 Å². The molecule has 2 aromatic carbocycles. The first-order chi connectivity index (χ1) is 13.0. The van der Waals surface area contributed by atoms with Crippen molar-refractivity contribution in [1.82, 2.24) is 4.90 Å². The largest absolute Gasteiger partial charge is 0.469 e. The lowest BCUT2D eigenvalue weighted by Gasteiger charge is -2.39. The minimum Gasteiger partial charge on any atom is -0.469 e. The predicted molar refractivity (Wildman–Crippen MR) is 105 cm³/mol. The van der Waals surface area contributed by atoms with Crippen LogP contribution in [0.2, 0.25) is 0 Å². The van der Waals surface area contributed by atoms with E-state index in [1.165, 1.54) is 12.7 Å². The number of amides is 1. The second-order valence-corrected chi connectivity index (χ2v) is 6.94. The molecule has 1 atom stereocenters. The summed E-state index contributed by atoms with van der Waals surface area (Å²) in [5.41, 5.74) is 9.59. The van der Waals surface area contributed by atoms with Crippen LogP contribution in [-0.4, -0.2) is 43.0 Å². The number of carbonyl (C=O) groups is 2. The number of nitrogens with two attached hydrogens (primary N) is 1. The zero-order valence-corrected chi connectivity index (χ0v) is 15.6. The number of carbonyl (C=O) groups excluding carboxylic acids is 2. The van der Waals surface area contributed by atoms with Crippen LogP contribution in [0.5, 0.6) is 0 Å². The first-order valence-electron chi connectivity index (χ1n) is 9.01. The second-order valence-electron chi connectivity index (χ2n) is 6.94. The van der Waals surface area contributed by atoms with Gasteiger partial charge in [-0.15, -0.1) is 0 Å². The summed E-state index contributed by atoms with van der Waals surface area (Å²) in [6.07, 6.45) is 0.535. The Morgan fingerprint density at radius 2 is 1.85 bits per heavy atom. The van der Waals surface area contributed by atoms with Crippen molar-refractivity contribution in [3.8, 4) is 0 Å². The molecule has 1 aliphatic heterocycles. The molecule has 0 radical (unpaired) electrons. The molecule has 0 aromatic heterocycles. The summed E-state index contributed by atoms with van der Waals surface area (Å²) >= 11 is 0. The van der Waals surface area contributed by atoms with E-state index in [0.717, 1.165) is 11.3 Å². The van der Waals surface area contributed by atoms with E-state index in [-0.39, 0.29) is 17.8 Å². The van der Waals surface area contributed by atoms with E-state index < -0.39 is 6.04 Å². The molecule has 6 heteroatoms. The zero-order chi connectivity index (χ0) is 19.4. The molecule has 3 N–H and O–H groups in total. The van der Waals surface area contributed by atoms with E-state index >= 15 is 0 Å². The van der Waals surface area contributed by atoms with Gasteiger partial charge >= 0.3 is 5.97 Å². The molecule has 0 spiro atoms. The number of hydrogen-bond acceptors (Lipinski definition) is 5. The summed E-state index contributed by atoms with van der Waals surface area (Å²) in [5.74, 6) is -0.547. The quantitative estimate of drug-likeness (QED) is 0.604. The number of aryl methyl sites for hydroxylation is 1. The van der Waals surface area contributed by atoms with Crippen molar-refractivity contribution in [2.24, 2.45) is 5.92 Å². The van der Waals surface area contributed by atoms with Gasteiger partial charge < -0.3 is 20.7 Å². The predicted octanol–water partition coefficient (Wildman–Crippen LogP) is 2.23. The van der Waals surface area contributed by atoms with Gasteiger partial charge in [0.2, 0.25) is 5.91 Å². The molecule has 1 saturated heterocycles. The van der Waals surface area contributed by atoms with Gasteiger partial charge in [-0.1, -0.05) is 42.0 Å². The number of esters is 1. The third kappa shape index (κ3) is 4.39. The van der Waals surface area contributed by atoms with Gasteiger partial charge in [-0.05, 0) is 24.6 Å². The highest BCUT2D eigenvalue weighted by atomic mass is 16.5. The molecule has 1 amide bonds. The Balaban J connectivity index is 1.75. The maximum Gasteiger partial charge on any atom is 0.312 e. The Hall–Kier alpha value is -3.02. The average Bonchev–Trinajstić information content (AvgIpc) is 2.63. The Kier molecular flexibility index (Phi) is 5.64. The van der Waals surface area contributed by atoms with Crippen LogP contribution < -0.4 is 11.1 Å². The smallest absolute Gasteiger partial charge is 0.312 e. The average molecular weight is 367 g/mol. The van der Waals surface area contributed by atoms with Crippen LogP contribution >= 0.6 is 0 Å². The monoisotopic (exact) mass is 367 g/mol. The maximum absolute atomic E-state index is 13.0. The van der Waals surface area contributed by atoms with Crippen molar-refractivity contribution in [3.63, 3.8) is 0 Å². The Labute approximate surface area is 159 Å². The molecule has 0 aliphatic carbocycles. The molecule has 0 unspecified atom stereocenters. The Morgan fingerprint density at radius 3 is 2.48 bits per heavy atom. The molecule has 1 fully saturated rings. The van der Waals surface area contributed by atoms with Gasteiger partial charge in [-0.2, -0.15) is 0 Å².